The zero-order valence-corrected chi connectivity index (χ0v) is 14.3. The molecule has 24 heavy (non-hydrogen) atoms. The number of allylic oxidation sites excluding steroid dienone is 1. The molecule has 0 aromatic heterocycles. The maximum absolute atomic E-state index is 2.39. The molecule has 0 heteroatoms. The van der Waals surface area contributed by atoms with Crippen molar-refractivity contribution in [3.8, 4) is 11.1 Å². The van der Waals surface area contributed by atoms with Gasteiger partial charge in [-0.25, -0.2) is 0 Å². The summed E-state index contributed by atoms with van der Waals surface area (Å²) in [6.07, 6.45) is 7.12. The van der Waals surface area contributed by atoms with E-state index < -0.39 is 0 Å². The van der Waals surface area contributed by atoms with Crippen LogP contribution in [0.4, 0.5) is 0 Å². The average Bonchev–Trinajstić information content (AvgIpc) is 3.21. The van der Waals surface area contributed by atoms with Gasteiger partial charge in [0.25, 0.3) is 0 Å². The summed E-state index contributed by atoms with van der Waals surface area (Å²) in [7, 11) is 0. The van der Waals surface area contributed by atoms with Crippen molar-refractivity contribution in [2.75, 3.05) is 0 Å². The highest BCUT2D eigenvalue weighted by Crippen LogP contribution is 2.42. The molecule has 1 radical (unpaired) electrons. The minimum atomic E-state index is 0.568. The van der Waals surface area contributed by atoms with Crippen LogP contribution in [0.3, 0.4) is 0 Å². The normalized spacial score (nSPS) is 15.2. The van der Waals surface area contributed by atoms with Crippen molar-refractivity contribution in [3.05, 3.63) is 82.8 Å². The first-order valence-electron chi connectivity index (χ1n) is 8.95. The summed E-state index contributed by atoms with van der Waals surface area (Å²) in [5.41, 5.74) is 9.96. The van der Waals surface area contributed by atoms with Crippen molar-refractivity contribution >= 4 is 16.8 Å². The molecule has 3 aromatic carbocycles. The van der Waals surface area contributed by atoms with Crippen molar-refractivity contribution in [1.29, 1.82) is 0 Å². The molecule has 2 aliphatic rings. The summed E-state index contributed by atoms with van der Waals surface area (Å²) in [5.74, 6) is 0.568. The van der Waals surface area contributed by atoms with Gasteiger partial charge in [-0.2, -0.15) is 0 Å². The molecular formula is C24H21. The molecule has 0 atom stereocenters. The summed E-state index contributed by atoms with van der Waals surface area (Å²) in [6, 6.07) is 18.2. The molecular weight excluding hydrogens is 288 g/mol. The van der Waals surface area contributed by atoms with Gasteiger partial charge in [-0.05, 0) is 62.9 Å². The third-order valence-electron chi connectivity index (χ3n) is 5.61. The van der Waals surface area contributed by atoms with Crippen molar-refractivity contribution in [1.82, 2.24) is 0 Å². The summed E-state index contributed by atoms with van der Waals surface area (Å²) >= 11 is 0. The van der Waals surface area contributed by atoms with Crippen LogP contribution in [-0.2, 0) is 12.8 Å². The minimum absolute atomic E-state index is 0.568. The largest absolute Gasteiger partial charge is 0.0613 e. The lowest BCUT2D eigenvalue weighted by Gasteiger charge is -2.12. The molecule has 0 saturated carbocycles. The fourth-order valence-corrected chi connectivity index (χ4v) is 4.31. The van der Waals surface area contributed by atoms with Crippen molar-refractivity contribution in [2.24, 2.45) is 5.92 Å². The van der Waals surface area contributed by atoms with Gasteiger partial charge in [0.2, 0.25) is 0 Å². The summed E-state index contributed by atoms with van der Waals surface area (Å²) < 4.78 is 0. The number of benzene rings is 3. The number of hydrogen-bond donors (Lipinski definition) is 0. The van der Waals surface area contributed by atoms with Crippen LogP contribution in [0.2, 0.25) is 0 Å². The Labute approximate surface area is 143 Å². The van der Waals surface area contributed by atoms with Gasteiger partial charge in [0.1, 0.15) is 0 Å². The third-order valence-corrected chi connectivity index (χ3v) is 5.61. The Morgan fingerprint density at radius 3 is 2.42 bits per heavy atom. The SMILES string of the molecule is CC(C)C1=Cc2c(cccc2-c2ccc3c4c(cccc24)CC3)[CH]1. The van der Waals surface area contributed by atoms with E-state index in [1.54, 1.807) is 0 Å². The van der Waals surface area contributed by atoms with Gasteiger partial charge < -0.3 is 0 Å². The fraction of sp³-hybridized carbons (Fsp3) is 0.208. The van der Waals surface area contributed by atoms with Crippen molar-refractivity contribution in [3.63, 3.8) is 0 Å². The molecule has 5 rings (SSSR count). The van der Waals surface area contributed by atoms with E-state index in [9.17, 15) is 0 Å². The molecule has 0 N–H and O–H groups in total. The maximum atomic E-state index is 2.39. The van der Waals surface area contributed by atoms with Crippen molar-refractivity contribution < 1.29 is 0 Å². The molecule has 0 amide bonds. The third kappa shape index (κ3) is 1.92. The van der Waals surface area contributed by atoms with Crippen LogP contribution in [0, 0.1) is 12.3 Å². The van der Waals surface area contributed by atoms with Gasteiger partial charge >= 0.3 is 0 Å². The van der Waals surface area contributed by atoms with E-state index in [2.05, 4.69) is 74.9 Å². The lowest BCUT2D eigenvalue weighted by atomic mass is 9.91. The van der Waals surface area contributed by atoms with Gasteiger partial charge in [0.15, 0.2) is 0 Å². The highest BCUT2D eigenvalue weighted by atomic mass is 14.3. The van der Waals surface area contributed by atoms with Crippen LogP contribution in [-0.4, -0.2) is 0 Å². The predicted molar refractivity (Wildman–Crippen MR) is 103 cm³/mol. The van der Waals surface area contributed by atoms with Crippen molar-refractivity contribution in [2.45, 2.75) is 26.7 Å². The van der Waals surface area contributed by atoms with E-state index in [1.165, 1.54) is 62.6 Å². The second kappa shape index (κ2) is 5.08. The van der Waals surface area contributed by atoms with Gasteiger partial charge in [0.05, 0.1) is 0 Å². The first kappa shape index (κ1) is 14.0. The zero-order chi connectivity index (χ0) is 16.3. The molecule has 2 aliphatic carbocycles. The molecule has 0 nitrogen and oxygen atoms in total. The molecule has 0 spiro atoms. The zero-order valence-electron chi connectivity index (χ0n) is 14.3. The van der Waals surface area contributed by atoms with Crippen LogP contribution in [0.25, 0.3) is 28.0 Å². The molecule has 3 aromatic rings. The van der Waals surface area contributed by atoms with E-state index in [1.807, 2.05) is 0 Å². The van der Waals surface area contributed by atoms with Gasteiger partial charge in [-0.3, -0.25) is 0 Å². The standard InChI is InChI=1S/C24H21/c1-15(2)19-13-18-6-4-7-20(23(18)14-19)21-12-11-17-10-9-16-5-3-8-22(21)24(16)17/h3-8,11-15H,9-10H2,1-2H3. The number of hydrogen-bond acceptors (Lipinski definition) is 0. The van der Waals surface area contributed by atoms with Crippen LogP contribution in [0.5, 0.6) is 0 Å². The van der Waals surface area contributed by atoms with E-state index in [-0.39, 0.29) is 0 Å². The second-order valence-electron chi connectivity index (χ2n) is 7.36. The quantitative estimate of drug-likeness (QED) is 0.528. The average molecular weight is 309 g/mol. The summed E-state index contributed by atoms with van der Waals surface area (Å²) in [5, 5.41) is 2.92. The van der Waals surface area contributed by atoms with E-state index in [0.29, 0.717) is 5.92 Å². The fourth-order valence-electron chi connectivity index (χ4n) is 4.31. The Balaban J connectivity index is 1.78. The number of aryl methyl sites for hydroxylation is 2. The molecule has 0 aliphatic heterocycles. The Morgan fingerprint density at radius 2 is 1.58 bits per heavy atom. The Bertz CT molecular complexity index is 992. The van der Waals surface area contributed by atoms with Crippen LogP contribution in [0.15, 0.2) is 54.1 Å². The molecule has 0 unspecified atom stereocenters. The summed E-state index contributed by atoms with van der Waals surface area (Å²) in [4.78, 5) is 0. The topological polar surface area (TPSA) is 0 Å². The second-order valence-corrected chi connectivity index (χ2v) is 7.36. The van der Waals surface area contributed by atoms with E-state index in [0.717, 1.165) is 0 Å². The maximum Gasteiger partial charge on any atom is 0.0167 e. The highest BCUT2D eigenvalue weighted by Gasteiger charge is 2.21. The first-order chi connectivity index (χ1) is 11.7. The molecule has 0 heterocycles. The monoisotopic (exact) mass is 309 g/mol. The van der Waals surface area contributed by atoms with Gasteiger partial charge in [-0.1, -0.05) is 74.0 Å². The number of rotatable bonds is 2. The van der Waals surface area contributed by atoms with Crippen LogP contribution < -0.4 is 0 Å². The smallest absolute Gasteiger partial charge is 0.0167 e. The van der Waals surface area contributed by atoms with E-state index >= 15 is 0 Å². The Morgan fingerprint density at radius 1 is 0.792 bits per heavy atom. The summed E-state index contributed by atoms with van der Waals surface area (Å²) in [6.45, 7) is 4.54. The van der Waals surface area contributed by atoms with Crippen LogP contribution >= 0.6 is 0 Å². The van der Waals surface area contributed by atoms with E-state index in [4.69, 9.17) is 0 Å². The Hall–Kier alpha value is -2.34. The molecule has 0 bridgehead atoms. The Kier molecular flexibility index (Phi) is 2.97. The van der Waals surface area contributed by atoms with Gasteiger partial charge in [-0.15, -0.1) is 0 Å². The molecule has 0 saturated heterocycles. The lowest BCUT2D eigenvalue weighted by molar-refractivity contribution is 0.789. The van der Waals surface area contributed by atoms with Gasteiger partial charge in [0, 0.05) is 6.42 Å². The van der Waals surface area contributed by atoms with Crippen LogP contribution in [0.1, 0.15) is 36.1 Å². The molecule has 117 valence electrons. The highest BCUT2D eigenvalue weighted by molar-refractivity contribution is 6.03. The first-order valence-corrected chi connectivity index (χ1v) is 8.95. The lowest BCUT2D eigenvalue weighted by Crippen LogP contribution is -1.91. The predicted octanol–water partition coefficient (Wildman–Crippen LogP) is 6.21. The molecule has 0 fully saturated rings. The number of fused-ring (bicyclic) bond motifs is 1. The minimum Gasteiger partial charge on any atom is -0.0613 e.